The Labute approximate surface area is 136 Å². The van der Waals surface area contributed by atoms with Crippen LogP contribution in [0.2, 0.25) is 0 Å². The van der Waals surface area contributed by atoms with Crippen LogP contribution in [0.25, 0.3) is 0 Å². The first-order valence-electron chi connectivity index (χ1n) is 5.93. The van der Waals surface area contributed by atoms with Crippen molar-refractivity contribution < 1.29 is 14.8 Å². The molecule has 0 spiro atoms. The number of hydrogen-bond donors (Lipinski definition) is 1. The number of nitro benzene ring substituents is 3. The Balaban J connectivity index is 2.63. The van der Waals surface area contributed by atoms with Gasteiger partial charge in [0.05, 0.1) is 26.9 Å². The molecule has 0 heterocycles. The molecule has 0 aromatic heterocycles. The summed E-state index contributed by atoms with van der Waals surface area (Å²) in [5, 5.41) is 35.6. The Morgan fingerprint density at radius 2 is 1.30 bits per heavy atom. The molecule has 2 aromatic carbocycles. The number of non-ortho nitro benzene ring substituents is 1. The van der Waals surface area contributed by atoms with Crippen LogP contribution in [0.1, 0.15) is 0 Å². The van der Waals surface area contributed by atoms with E-state index in [0.29, 0.717) is 17.8 Å². The van der Waals surface area contributed by atoms with E-state index in [-0.39, 0.29) is 0 Å². The number of nitro groups is 3. The topological polar surface area (TPSA) is 141 Å². The Kier molecular flexibility index (Phi) is 4.50. The monoisotopic (exact) mass is 382 g/mol. The third-order valence-corrected chi connectivity index (χ3v) is 3.33. The molecule has 23 heavy (non-hydrogen) atoms. The van der Waals surface area contributed by atoms with Crippen LogP contribution in [0.5, 0.6) is 0 Å². The number of anilines is 2. The van der Waals surface area contributed by atoms with Gasteiger partial charge in [-0.05, 0) is 24.3 Å². The van der Waals surface area contributed by atoms with Crippen LogP contribution in [0.3, 0.4) is 0 Å². The number of halogens is 1. The summed E-state index contributed by atoms with van der Waals surface area (Å²) in [4.78, 5) is 30.3. The molecule has 0 amide bonds. The van der Waals surface area contributed by atoms with Crippen LogP contribution in [0.4, 0.5) is 28.4 Å². The van der Waals surface area contributed by atoms with Crippen LogP contribution < -0.4 is 5.32 Å². The quantitative estimate of drug-likeness (QED) is 0.609. The van der Waals surface area contributed by atoms with Gasteiger partial charge in [0.2, 0.25) is 0 Å². The van der Waals surface area contributed by atoms with Crippen molar-refractivity contribution in [2.75, 3.05) is 5.32 Å². The molecule has 0 fully saturated rings. The number of benzene rings is 2. The van der Waals surface area contributed by atoms with E-state index in [1.165, 1.54) is 0 Å². The lowest BCUT2D eigenvalue weighted by Crippen LogP contribution is -2.03. The smallest absolute Gasteiger partial charge is 0.306 e. The summed E-state index contributed by atoms with van der Waals surface area (Å²) in [7, 11) is 0. The van der Waals surface area contributed by atoms with Gasteiger partial charge in [-0.2, -0.15) is 0 Å². The van der Waals surface area contributed by atoms with Crippen molar-refractivity contribution in [1.82, 2.24) is 0 Å². The van der Waals surface area contributed by atoms with Crippen molar-refractivity contribution >= 4 is 44.4 Å². The second-order valence-electron chi connectivity index (χ2n) is 4.26. The maximum atomic E-state index is 11.1. The number of rotatable bonds is 5. The van der Waals surface area contributed by atoms with Gasteiger partial charge in [-0.25, -0.2) is 0 Å². The van der Waals surface area contributed by atoms with Crippen molar-refractivity contribution in [3.05, 3.63) is 71.2 Å². The summed E-state index contributed by atoms with van der Waals surface area (Å²) >= 11 is 3.21. The summed E-state index contributed by atoms with van der Waals surface area (Å²) in [6, 6.07) is 7.69. The summed E-state index contributed by atoms with van der Waals surface area (Å²) in [5.41, 5.74) is -2.31. The van der Waals surface area contributed by atoms with Crippen LogP contribution in [-0.4, -0.2) is 14.8 Å². The van der Waals surface area contributed by atoms with Gasteiger partial charge >= 0.3 is 11.4 Å². The Morgan fingerprint density at radius 3 is 1.70 bits per heavy atom. The number of hydrogen-bond acceptors (Lipinski definition) is 7. The van der Waals surface area contributed by atoms with E-state index in [0.717, 1.165) is 4.47 Å². The molecule has 0 saturated heterocycles. The molecule has 0 aliphatic heterocycles. The van der Waals surface area contributed by atoms with E-state index < -0.39 is 37.5 Å². The molecule has 0 saturated carbocycles. The van der Waals surface area contributed by atoms with Crippen LogP contribution in [-0.2, 0) is 0 Å². The van der Waals surface area contributed by atoms with Crippen molar-refractivity contribution in [2.24, 2.45) is 0 Å². The van der Waals surface area contributed by atoms with E-state index in [2.05, 4.69) is 21.2 Å². The average molecular weight is 383 g/mol. The van der Waals surface area contributed by atoms with E-state index in [4.69, 9.17) is 0 Å². The van der Waals surface area contributed by atoms with Gasteiger partial charge in [-0.1, -0.05) is 15.9 Å². The first kappa shape index (κ1) is 16.3. The summed E-state index contributed by atoms with van der Waals surface area (Å²) in [6.45, 7) is 0. The van der Waals surface area contributed by atoms with Crippen molar-refractivity contribution in [1.29, 1.82) is 0 Å². The lowest BCUT2D eigenvalue weighted by atomic mass is 10.2. The SMILES string of the molecule is O=[N+]([O-])c1cc([N+](=O)[O-])c(Nc2ccc(Br)cc2)c([N+](=O)[O-])c1. The second-order valence-corrected chi connectivity index (χ2v) is 5.18. The third kappa shape index (κ3) is 3.58. The first-order chi connectivity index (χ1) is 10.8. The molecule has 11 heteroatoms. The van der Waals surface area contributed by atoms with Crippen LogP contribution >= 0.6 is 15.9 Å². The fourth-order valence-corrected chi connectivity index (χ4v) is 2.06. The van der Waals surface area contributed by atoms with E-state index in [9.17, 15) is 30.3 Å². The fraction of sp³-hybridized carbons (Fsp3) is 0. The highest BCUT2D eigenvalue weighted by Crippen LogP contribution is 2.40. The Morgan fingerprint density at radius 1 is 0.826 bits per heavy atom. The minimum Gasteiger partial charge on any atom is -0.344 e. The number of nitrogens with one attached hydrogen (secondary N) is 1. The molecule has 2 rings (SSSR count). The van der Waals surface area contributed by atoms with Gasteiger partial charge in [0.15, 0.2) is 5.69 Å². The Hall–Kier alpha value is -3.08. The maximum Gasteiger partial charge on any atom is 0.306 e. The lowest BCUT2D eigenvalue weighted by Gasteiger charge is -2.08. The minimum atomic E-state index is -0.927. The van der Waals surface area contributed by atoms with Gasteiger partial charge in [0, 0.05) is 10.2 Å². The van der Waals surface area contributed by atoms with Crippen LogP contribution in [0.15, 0.2) is 40.9 Å². The van der Waals surface area contributed by atoms with E-state index in [1.54, 1.807) is 24.3 Å². The molecule has 0 aliphatic rings. The normalized spacial score (nSPS) is 10.1. The molecule has 0 atom stereocenters. The standard InChI is InChI=1S/C12H7BrN4O6/c13-7-1-3-8(4-2-7)14-12-10(16(20)21)5-9(15(18)19)6-11(12)17(22)23/h1-6,14H. The predicted octanol–water partition coefficient (Wildman–Crippen LogP) is 3.92. The molecule has 0 unspecified atom stereocenters. The summed E-state index contributed by atoms with van der Waals surface area (Å²) in [5.74, 6) is 0. The Bertz CT molecular complexity index is 773. The molecule has 118 valence electrons. The molecule has 2 aromatic rings. The molecule has 0 bridgehead atoms. The third-order valence-electron chi connectivity index (χ3n) is 2.80. The van der Waals surface area contributed by atoms with E-state index in [1.807, 2.05) is 0 Å². The van der Waals surface area contributed by atoms with Gasteiger partial charge in [0.1, 0.15) is 0 Å². The van der Waals surface area contributed by atoms with Gasteiger partial charge < -0.3 is 5.32 Å². The van der Waals surface area contributed by atoms with Crippen molar-refractivity contribution in [3.8, 4) is 0 Å². The highest BCUT2D eigenvalue weighted by molar-refractivity contribution is 9.10. The highest BCUT2D eigenvalue weighted by Gasteiger charge is 2.30. The van der Waals surface area contributed by atoms with Gasteiger partial charge in [-0.3, -0.25) is 30.3 Å². The van der Waals surface area contributed by atoms with Gasteiger partial charge in [0.25, 0.3) is 5.69 Å². The zero-order chi connectivity index (χ0) is 17.1. The molecule has 0 aliphatic carbocycles. The first-order valence-corrected chi connectivity index (χ1v) is 6.72. The summed E-state index contributed by atoms with van der Waals surface area (Å²) < 4.78 is 0.746. The molecule has 10 nitrogen and oxygen atoms in total. The molecule has 0 radical (unpaired) electrons. The molecular weight excluding hydrogens is 376 g/mol. The largest absolute Gasteiger partial charge is 0.344 e. The number of nitrogens with zero attached hydrogens (tertiary/aromatic N) is 3. The maximum absolute atomic E-state index is 11.1. The summed E-state index contributed by atoms with van der Waals surface area (Å²) in [6.07, 6.45) is 0. The van der Waals surface area contributed by atoms with Gasteiger partial charge in [-0.15, -0.1) is 0 Å². The van der Waals surface area contributed by atoms with E-state index >= 15 is 0 Å². The second kappa shape index (κ2) is 6.36. The van der Waals surface area contributed by atoms with Crippen LogP contribution in [0, 0.1) is 30.3 Å². The predicted molar refractivity (Wildman–Crippen MR) is 83.8 cm³/mol. The lowest BCUT2D eigenvalue weighted by molar-refractivity contribution is -0.401. The highest BCUT2D eigenvalue weighted by atomic mass is 79.9. The van der Waals surface area contributed by atoms with Crippen molar-refractivity contribution in [2.45, 2.75) is 0 Å². The minimum absolute atomic E-state index is 0.355. The van der Waals surface area contributed by atoms with Crippen molar-refractivity contribution in [3.63, 3.8) is 0 Å². The molecule has 1 N–H and O–H groups in total. The zero-order valence-electron chi connectivity index (χ0n) is 11.1. The zero-order valence-corrected chi connectivity index (χ0v) is 12.7. The average Bonchev–Trinajstić information content (AvgIpc) is 2.48. The fourth-order valence-electron chi connectivity index (χ4n) is 1.80. The molecular formula is C12H7BrN4O6.